The molecule has 2 aromatic rings. The van der Waals surface area contributed by atoms with Crippen molar-refractivity contribution in [3.05, 3.63) is 53.6 Å². The number of ether oxygens (including phenoxy) is 1. The Bertz CT molecular complexity index is 920. The smallest absolute Gasteiger partial charge is 0.342 e. The Morgan fingerprint density at radius 2 is 1.84 bits per heavy atom. The zero-order valence-corrected chi connectivity index (χ0v) is 14.5. The summed E-state index contributed by atoms with van der Waals surface area (Å²) in [7, 11) is -3.52. The number of para-hydroxylation sites is 1. The second-order valence-corrected chi connectivity index (χ2v) is 7.40. The highest BCUT2D eigenvalue weighted by Gasteiger charge is 2.17. The number of amides is 1. The van der Waals surface area contributed by atoms with Gasteiger partial charge in [-0.05, 0) is 31.2 Å². The highest BCUT2D eigenvalue weighted by Crippen LogP contribution is 2.21. The normalized spacial score (nSPS) is 11.0. The van der Waals surface area contributed by atoms with E-state index in [0.717, 1.165) is 11.8 Å². The van der Waals surface area contributed by atoms with Gasteiger partial charge in [-0.25, -0.2) is 13.2 Å². The van der Waals surface area contributed by atoms with Gasteiger partial charge in [0.2, 0.25) is 0 Å². The summed E-state index contributed by atoms with van der Waals surface area (Å²) in [6.07, 6.45) is 1.03. The molecule has 132 valence electrons. The van der Waals surface area contributed by atoms with Crippen molar-refractivity contribution in [3.8, 4) is 5.75 Å². The molecule has 0 heterocycles. The van der Waals surface area contributed by atoms with Crippen LogP contribution in [0.3, 0.4) is 0 Å². The quantitative estimate of drug-likeness (QED) is 0.785. The molecule has 25 heavy (non-hydrogen) atoms. The van der Waals surface area contributed by atoms with E-state index in [-0.39, 0.29) is 21.9 Å². The van der Waals surface area contributed by atoms with E-state index in [1.165, 1.54) is 30.3 Å². The summed E-state index contributed by atoms with van der Waals surface area (Å²) < 4.78 is 28.2. The highest BCUT2D eigenvalue weighted by molar-refractivity contribution is 7.90. The first-order valence-electron chi connectivity index (χ1n) is 7.24. The number of nitrogens with one attached hydrogen (secondary N) is 1. The molecule has 0 aliphatic carbocycles. The molecule has 2 rings (SSSR count). The lowest BCUT2D eigenvalue weighted by Gasteiger charge is -2.10. The zero-order chi connectivity index (χ0) is 18.6. The minimum absolute atomic E-state index is 0.0361. The summed E-state index contributed by atoms with van der Waals surface area (Å²) in [6, 6.07) is 10.3. The Balaban J connectivity index is 2.05. The van der Waals surface area contributed by atoms with Crippen LogP contribution in [-0.4, -0.2) is 38.3 Å². The molecule has 0 fully saturated rings. The number of hydrogen-bond donors (Lipinski definition) is 2. The Kier molecular flexibility index (Phi) is 5.43. The fourth-order valence-electron chi connectivity index (χ4n) is 2.10. The van der Waals surface area contributed by atoms with Crippen molar-refractivity contribution in [2.45, 2.75) is 11.8 Å². The van der Waals surface area contributed by atoms with Crippen LogP contribution in [0.4, 0.5) is 5.69 Å². The van der Waals surface area contributed by atoms with E-state index in [9.17, 15) is 23.1 Å². The number of phenols is 1. The van der Waals surface area contributed by atoms with Crippen molar-refractivity contribution in [2.75, 3.05) is 18.2 Å². The molecule has 0 spiro atoms. The fourth-order valence-corrected chi connectivity index (χ4v) is 2.95. The van der Waals surface area contributed by atoms with Crippen LogP contribution in [0.1, 0.15) is 15.9 Å². The number of benzene rings is 2. The van der Waals surface area contributed by atoms with Gasteiger partial charge >= 0.3 is 5.97 Å². The molecule has 1 amide bonds. The molecule has 0 atom stereocenters. The van der Waals surface area contributed by atoms with Crippen molar-refractivity contribution in [3.63, 3.8) is 0 Å². The average molecular weight is 363 g/mol. The molecule has 0 unspecified atom stereocenters. The summed E-state index contributed by atoms with van der Waals surface area (Å²) in [4.78, 5) is 23.8. The van der Waals surface area contributed by atoms with Crippen LogP contribution < -0.4 is 5.32 Å². The molecule has 7 nitrogen and oxygen atoms in total. The highest BCUT2D eigenvalue weighted by atomic mass is 32.2. The number of hydrogen-bond acceptors (Lipinski definition) is 6. The Hall–Kier alpha value is -2.87. The number of phenolic OH excluding ortho intramolecular Hbond substituents is 1. The number of aryl methyl sites for hydroxylation is 1. The van der Waals surface area contributed by atoms with Gasteiger partial charge in [0.15, 0.2) is 16.4 Å². The topological polar surface area (TPSA) is 110 Å². The predicted molar refractivity (Wildman–Crippen MR) is 91.3 cm³/mol. The fraction of sp³-hybridized carbons (Fsp3) is 0.176. The van der Waals surface area contributed by atoms with Crippen molar-refractivity contribution < 1.29 is 27.9 Å². The molecule has 8 heteroatoms. The SMILES string of the molecule is Cc1ccc(O)c(C(=O)OCC(=O)Nc2ccccc2S(C)(=O)=O)c1. The molecule has 0 aromatic heterocycles. The third-order valence-electron chi connectivity index (χ3n) is 3.27. The molecular weight excluding hydrogens is 346 g/mol. The zero-order valence-electron chi connectivity index (χ0n) is 13.6. The lowest BCUT2D eigenvalue weighted by Crippen LogP contribution is -2.22. The number of sulfone groups is 1. The summed E-state index contributed by atoms with van der Waals surface area (Å²) in [5.74, 6) is -1.80. The first-order chi connectivity index (χ1) is 11.7. The van der Waals surface area contributed by atoms with E-state index in [4.69, 9.17) is 4.74 Å². The van der Waals surface area contributed by atoms with Crippen molar-refractivity contribution in [1.29, 1.82) is 0 Å². The first kappa shape index (κ1) is 18.5. The standard InChI is InChI=1S/C17H17NO6S/c1-11-7-8-14(19)12(9-11)17(21)24-10-16(20)18-13-5-3-4-6-15(13)25(2,22)23/h3-9,19H,10H2,1-2H3,(H,18,20). The molecule has 0 saturated carbocycles. The van der Waals surface area contributed by atoms with E-state index in [0.29, 0.717) is 0 Å². The van der Waals surface area contributed by atoms with Crippen LogP contribution in [0, 0.1) is 6.92 Å². The maximum Gasteiger partial charge on any atom is 0.342 e. The summed E-state index contributed by atoms with van der Waals surface area (Å²) in [5, 5.41) is 12.1. The molecule has 0 radical (unpaired) electrons. The number of carbonyl (C=O) groups is 2. The molecule has 2 N–H and O–H groups in total. The lowest BCUT2D eigenvalue weighted by molar-refractivity contribution is -0.119. The average Bonchev–Trinajstić information content (AvgIpc) is 2.54. The molecule has 0 saturated heterocycles. The Morgan fingerprint density at radius 1 is 1.16 bits per heavy atom. The van der Waals surface area contributed by atoms with E-state index in [1.54, 1.807) is 19.1 Å². The van der Waals surface area contributed by atoms with Crippen LogP contribution in [0.2, 0.25) is 0 Å². The second-order valence-electron chi connectivity index (χ2n) is 5.41. The van der Waals surface area contributed by atoms with E-state index >= 15 is 0 Å². The van der Waals surface area contributed by atoms with Crippen LogP contribution in [-0.2, 0) is 19.4 Å². The van der Waals surface area contributed by atoms with Crippen LogP contribution >= 0.6 is 0 Å². The van der Waals surface area contributed by atoms with Crippen molar-refractivity contribution in [1.82, 2.24) is 0 Å². The summed E-state index contributed by atoms with van der Waals surface area (Å²) in [6.45, 7) is 1.12. The van der Waals surface area contributed by atoms with Crippen LogP contribution in [0.15, 0.2) is 47.4 Å². The van der Waals surface area contributed by atoms with E-state index in [2.05, 4.69) is 5.32 Å². The Morgan fingerprint density at radius 3 is 2.52 bits per heavy atom. The van der Waals surface area contributed by atoms with Gasteiger partial charge in [0.05, 0.1) is 10.6 Å². The van der Waals surface area contributed by atoms with Crippen LogP contribution in [0.5, 0.6) is 5.75 Å². The number of esters is 1. The molecule has 2 aromatic carbocycles. The third kappa shape index (κ3) is 4.80. The summed E-state index contributed by atoms with van der Waals surface area (Å²) in [5.41, 5.74) is 0.796. The van der Waals surface area contributed by atoms with Gasteiger partial charge in [0, 0.05) is 6.26 Å². The number of aromatic hydroxyl groups is 1. The van der Waals surface area contributed by atoms with Gasteiger partial charge in [0.1, 0.15) is 11.3 Å². The van der Waals surface area contributed by atoms with Gasteiger partial charge in [-0.2, -0.15) is 0 Å². The molecular formula is C17H17NO6S. The van der Waals surface area contributed by atoms with E-state index in [1.807, 2.05) is 0 Å². The minimum atomic E-state index is -3.52. The number of rotatable bonds is 5. The predicted octanol–water partition coefficient (Wildman–Crippen LogP) is 1.90. The second kappa shape index (κ2) is 7.35. The van der Waals surface area contributed by atoms with Gasteiger partial charge < -0.3 is 15.2 Å². The van der Waals surface area contributed by atoms with Gasteiger partial charge in [-0.1, -0.05) is 23.8 Å². The van der Waals surface area contributed by atoms with Gasteiger partial charge in [-0.15, -0.1) is 0 Å². The van der Waals surface area contributed by atoms with Gasteiger partial charge in [0.25, 0.3) is 5.91 Å². The third-order valence-corrected chi connectivity index (χ3v) is 4.42. The largest absolute Gasteiger partial charge is 0.507 e. The summed E-state index contributed by atoms with van der Waals surface area (Å²) >= 11 is 0. The lowest BCUT2D eigenvalue weighted by atomic mass is 10.1. The van der Waals surface area contributed by atoms with Crippen LogP contribution in [0.25, 0.3) is 0 Å². The number of carbonyl (C=O) groups excluding carboxylic acids is 2. The minimum Gasteiger partial charge on any atom is -0.507 e. The molecule has 0 bridgehead atoms. The Labute approximate surface area is 145 Å². The molecule has 0 aliphatic heterocycles. The van der Waals surface area contributed by atoms with Crippen molar-refractivity contribution in [2.24, 2.45) is 0 Å². The van der Waals surface area contributed by atoms with E-state index < -0.39 is 28.3 Å². The first-order valence-corrected chi connectivity index (χ1v) is 9.13. The van der Waals surface area contributed by atoms with Crippen molar-refractivity contribution >= 4 is 27.4 Å². The number of anilines is 1. The molecule has 0 aliphatic rings. The monoisotopic (exact) mass is 363 g/mol. The van der Waals surface area contributed by atoms with Gasteiger partial charge in [-0.3, -0.25) is 4.79 Å². The maximum atomic E-state index is 11.9. The maximum absolute atomic E-state index is 11.9.